The molecule has 0 aromatic heterocycles. The summed E-state index contributed by atoms with van der Waals surface area (Å²) in [6.07, 6.45) is 0.128. The lowest BCUT2D eigenvalue weighted by molar-refractivity contribution is -0.140. The Hall–Kier alpha value is -5.30. The van der Waals surface area contributed by atoms with Gasteiger partial charge in [-0.15, -0.1) is 0 Å². The molecule has 2 amide bonds. The molecule has 1 N–H and O–H groups in total. The maximum atomic E-state index is 14.8. The molecule has 4 rings (SSSR count). The largest absolute Gasteiger partial charge is 0.497 e. The van der Waals surface area contributed by atoms with E-state index in [9.17, 15) is 22.4 Å². The van der Waals surface area contributed by atoms with Gasteiger partial charge in [0.1, 0.15) is 29.9 Å². The van der Waals surface area contributed by atoms with Crippen LogP contribution in [0, 0.1) is 11.7 Å². The van der Waals surface area contributed by atoms with E-state index in [1.165, 1.54) is 87.9 Å². The fourth-order valence-electron chi connectivity index (χ4n) is 5.37. The van der Waals surface area contributed by atoms with Crippen molar-refractivity contribution in [3.63, 3.8) is 0 Å². The third-order valence-electron chi connectivity index (χ3n) is 8.10. The highest BCUT2D eigenvalue weighted by atomic mass is 32.2. The van der Waals surface area contributed by atoms with E-state index in [-0.39, 0.29) is 41.0 Å². The molecule has 0 aliphatic rings. The second kappa shape index (κ2) is 17.6. The van der Waals surface area contributed by atoms with Gasteiger partial charge in [0.15, 0.2) is 11.5 Å². The van der Waals surface area contributed by atoms with E-state index in [0.717, 1.165) is 9.87 Å². The molecular weight excluding hydrogens is 677 g/mol. The fraction of sp³-hybridized carbons (Fsp3) is 0.316. The number of methoxy groups -OCH3 is 4. The molecule has 51 heavy (non-hydrogen) atoms. The molecular formula is C38H44FN3O8S. The van der Waals surface area contributed by atoms with E-state index in [4.69, 9.17) is 18.9 Å². The average molecular weight is 722 g/mol. The predicted octanol–water partition coefficient (Wildman–Crippen LogP) is 5.47. The van der Waals surface area contributed by atoms with E-state index >= 15 is 0 Å². The quantitative estimate of drug-likeness (QED) is 0.152. The number of sulfonamides is 1. The topological polar surface area (TPSA) is 124 Å². The SMILES string of the molecule is COc1ccc(OC)c(N(CC(=O)N(Cc2ccc(F)cc2)C(Cc2ccccc2)C(=O)NCC(C)C)S(=O)(=O)c2ccc(OC)c(OC)c2)c1. The summed E-state index contributed by atoms with van der Waals surface area (Å²) in [4.78, 5) is 29.9. The Bertz CT molecular complexity index is 1890. The monoisotopic (exact) mass is 721 g/mol. The molecule has 272 valence electrons. The first-order chi connectivity index (χ1) is 24.4. The van der Waals surface area contributed by atoms with Gasteiger partial charge in [-0.1, -0.05) is 56.3 Å². The van der Waals surface area contributed by atoms with Gasteiger partial charge in [0.05, 0.1) is 39.0 Å². The minimum atomic E-state index is -4.54. The van der Waals surface area contributed by atoms with Crippen molar-refractivity contribution >= 4 is 27.5 Å². The molecule has 4 aromatic rings. The summed E-state index contributed by atoms with van der Waals surface area (Å²) >= 11 is 0. The third-order valence-corrected chi connectivity index (χ3v) is 9.85. The Kier molecular flexibility index (Phi) is 13.3. The van der Waals surface area contributed by atoms with Gasteiger partial charge in [-0.3, -0.25) is 13.9 Å². The maximum Gasteiger partial charge on any atom is 0.265 e. The Morgan fingerprint density at radius 1 is 0.765 bits per heavy atom. The molecule has 0 saturated heterocycles. The predicted molar refractivity (Wildman–Crippen MR) is 192 cm³/mol. The Morgan fingerprint density at radius 2 is 1.41 bits per heavy atom. The van der Waals surface area contributed by atoms with E-state index in [1.54, 1.807) is 6.07 Å². The molecule has 1 unspecified atom stereocenters. The summed E-state index contributed by atoms with van der Waals surface area (Å²) in [6, 6.07) is 22.4. The van der Waals surface area contributed by atoms with Crippen molar-refractivity contribution in [3.05, 3.63) is 108 Å². The van der Waals surface area contributed by atoms with Gasteiger partial charge in [-0.2, -0.15) is 0 Å². The van der Waals surface area contributed by atoms with Crippen LogP contribution in [0.15, 0.2) is 95.9 Å². The van der Waals surface area contributed by atoms with Crippen molar-refractivity contribution in [1.82, 2.24) is 10.2 Å². The molecule has 0 fully saturated rings. The normalized spacial score (nSPS) is 11.8. The average Bonchev–Trinajstić information content (AvgIpc) is 3.14. The number of rotatable bonds is 17. The number of hydrogen-bond donors (Lipinski definition) is 1. The number of nitrogens with zero attached hydrogens (tertiary/aromatic N) is 2. The van der Waals surface area contributed by atoms with Crippen LogP contribution in [0.4, 0.5) is 10.1 Å². The lowest BCUT2D eigenvalue weighted by Crippen LogP contribution is -2.53. The highest BCUT2D eigenvalue weighted by Gasteiger charge is 2.36. The first-order valence-electron chi connectivity index (χ1n) is 16.2. The molecule has 0 spiro atoms. The standard InChI is InChI=1S/C38H44FN3O8S/c1-26(2)23-40-38(44)33(20-27-10-8-7-9-11-27)41(24-28-12-14-29(39)15-13-28)37(43)25-42(32-21-30(47-3)16-18-34(32)48-4)51(45,46)31-17-19-35(49-5)36(22-31)50-6/h7-19,21-22,26,33H,20,23-25H2,1-6H3,(H,40,44). The summed E-state index contributed by atoms with van der Waals surface area (Å²) in [5.74, 6) is -0.549. The molecule has 0 bridgehead atoms. The summed E-state index contributed by atoms with van der Waals surface area (Å²) in [5.41, 5.74) is 1.33. The van der Waals surface area contributed by atoms with Gasteiger partial charge in [-0.25, -0.2) is 12.8 Å². The summed E-state index contributed by atoms with van der Waals surface area (Å²) in [5, 5.41) is 2.94. The third kappa shape index (κ3) is 9.69. The van der Waals surface area contributed by atoms with Crippen molar-refractivity contribution < 1.29 is 41.3 Å². The van der Waals surface area contributed by atoms with Crippen LogP contribution in [0.3, 0.4) is 0 Å². The van der Waals surface area contributed by atoms with Crippen LogP contribution in [0.25, 0.3) is 0 Å². The number of carbonyl (C=O) groups is 2. The second-order valence-electron chi connectivity index (χ2n) is 12.1. The zero-order valence-corrected chi connectivity index (χ0v) is 30.4. The first kappa shape index (κ1) is 38.5. The lowest BCUT2D eigenvalue weighted by atomic mass is 10.0. The zero-order chi connectivity index (χ0) is 37.1. The molecule has 11 nitrogen and oxygen atoms in total. The number of amides is 2. The molecule has 1 atom stereocenters. The molecule has 13 heteroatoms. The van der Waals surface area contributed by atoms with Gasteiger partial charge in [0, 0.05) is 31.6 Å². The highest BCUT2D eigenvalue weighted by molar-refractivity contribution is 7.92. The van der Waals surface area contributed by atoms with Crippen molar-refractivity contribution in [2.75, 3.05) is 45.8 Å². The van der Waals surface area contributed by atoms with E-state index in [0.29, 0.717) is 23.6 Å². The number of benzene rings is 4. The van der Waals surface area contributed by atoms with Crippen LogP contribution in [-0.2, 0) is 32.6 Å². The van der Waals surface area contributed by atoms with Crippen LogP contribution in [0.5, 0.6) is 23.0 Å². The van der Waals surface area contributed by atoms with Gasteiger partial charge >= 0.3 is 0 Å². The highest BCUT2D eigenvalue weighted by Crippen LogP contribution is 2.38. The molecule has 0 aliphatic heterocycles. The van der Waals surface area contributed by atoms with E-state index in [2.05, 4.69) is 5.32 Å². The minimum absolute atomic E-state index is 0.0191. The number of halogens is 1. The van der Waals surface area contributed by atoms with Crippen molar-refractivity contribution in [2.24, 2.45) is 5.92 Å². The number of nitrogens with one attached hydrogen (secondary N) is 1. The van der Waals surface area contributed by atoms with Crippen molar-refractivity contribution in [1.29, 1.82) is 0 Å². The summed E-state index contributed by atoms with van der Waals surface area (Å²) in [6.45, 7) is 3.39. The Balaban J connectivity index is 1.89. The number of anilines is 1. The molecule has 4 aromatic carbocycles. The van der Waals surface area contributed by atoms with Crippen LogP contribution >= 0.6 is 0 Å². The van der Waals surface area contributed by atoms with Gasteiger partial charge in [0.2, 0.25) is 11.8 Å². The van der Waals surface area contributed by atoms with Gasteiger partial charge in [-0.05, 0) is 53.4 Å². The fourth-order valence-corrected chi connectivity index (χ4v) is 6.80. The Morgan fingerprint density at radius 3 is 2.02 bits per heavy atom. The van der Waals surface area contributed by atoms with Gasteiger partial charge < -0.3 is 29.2 Å². The smallest absolute Gasteiger partial charge is 0.265 e. The molecule has 0 radical (unpaired) electrons. The van der Waals surface area contributed by atoms with Crippen LogP contribution < -0.4 is 28.6 Å². The minimum Gasteiger partial charge on any atom is -0.497 e. The van der Waals surface area contributed by atoms with Crippen LogP contribution in [0.2, 0.25) is 0 Å². The first-order valence-corrected chi connectivity index (χ1v) is 17.7. The summed E-state index contributed by atoms with van der Waals surface area (Å²) in [7, 11) is 1.08. The maximum absolute atomic E-state index is 14.8. The van der Waals surface area contributed by atoms with Crippen molar-refractivity contribution in [2.45, 2.75) is 37.8 Å². The Labute approximate surface area is 298 Å². The summed E-state index contributed by atoms with van der Waals surface area (Å²) < 4.78 is 65.9. The molecule has 0 heterocycles. The second-order valence-corrected chi connectivity index (χ2v) is 13.9. The van der Waals surface area contributed by atoms with E-state index < -0.39 is 40.2 Å². The van der Waals surface area contributed by atoms with Crippen LogP contribution in [-0.4, -0.2) is 72.7 Å². The van der Waals surface area contributed by atoms with E-state index in [1.807, 2.05) is 44.2 Å². The zero-order valence-electron chi connectivity index (χ0n) is 29.6. The molecule has 0 aliphatic carbocycles. The van der Waals surface area contributed by atoms with Crippen LogP contribution in [0.1, 0.15) is 25.0 Å². The molecule has 0 saturated carbocycles. The lowest BCUT2D eigenvalue weighted by Gasteiger charge is -2.34. The number of carbonyl (C=O) groups excluding carboxylic acids is 2. The number of hydrogen-bond acceptors (Lipinski definition) is 8. The number of ether oxygens (including phenoxy) is 4. The van der Waals surface area contributed by atoms with Crippen molar-refractivity contribution in [3.8, 4) is 23.0 Å². The van der Waals surface area contributed by atoms with Gasteiger partial charge in [0.25, 0.3) is 10.0 Å².